The summed E-state index contributed by atoms with van der Waals surface area (Å²) in [4.78, 5) is 11.1. The maximum Gasteiger partial charge on any atom is 0.407 e. The van der Waals surface area contributed by atoms with E-state index < -0.39 is 0 Å². The van der Waals surface area contributed by atoms with E-state index in [9.17, 15) is 4.79 Å². The summed E-state index contributed by atoms with van der Waals surface area (Å²) in [6.45, 7) is 7.47. The number of carbonyl (C=O) groups excluding carboxylic acids is 1. The van der Waals surface area contributed by atoms with Crippen LogP contribution in [0.1, 0.15) is 45.6 Å². The third-order valence-electron chi connectivity index (χ3n) is 2.98. The quantitative estimate of drug-likeness (QED) is 0.776. The Morgan fingerprint density at radius 3 is 2.38 bits per heavy atom. The maximum absolute atomic E-state index is 11.1. The van der Waals surface area contributed by atoms with Crippen LogP contribution >= 0.6 is 15.9 Å². The summed E-state index contributed by atoms with van der Waals surface area (Å²) in [5.41, 5.74) is 0.512. The number of rotatable bonds is 1. The van der Waals surface area contributed by atoms with Crippen molar-refractivity contribution < 1.29 is 14.6 Å². The van der Waals surface area contributed by atoms with Gasteiger partial charge in [-0.1, -0.05) is 15.9 Å². The molecular weight excluding hydrogens is 334 g/mol. The number of ether oxygens (including phenoxy) is 1. The van der Waals surface area contributed by atoms with Gasteiger partial charge in [-0.15, -0.1) is 0 Å². The maximum atomic E-state index is 11.1. The molecule has 0 aliphatic heterocycles. The number of aromatic hydroxyl groups is 1. The lowest BCUT2D eigenvalue weighted by molar-refractivity contribution is 0.0480. The van der Waals surface area contributed by atoms with Crippen molar-refractivity contribution >= 4 is 22.0 Å². The van der Waals surface area contributed by atoms with Crippen LogP contribution in [0.4, 0.5) is 4.79 Å². The van der Waals surface area contributed by atoms with Gasteiger partial charge in [0.05, 0.1) is 0 Å². The molecule has 1 aliphatic carbocycles. The van der Waals surface area contributed by atoms with Crippen LogP contribution in [0, 0.1) is 6.92 Å². The highest BCUT2D eigenvalue weighted by Gasteiger charge is 2.22. The van der Waals surface area contributed by atoms with Crippen LogP contribution in [0.5, 0.6) is 5.75 Å². The number of aryl methyl sites for hydroxylation is 1. The predicted octanol–water partition coefficient (Wildman–Crippen LogP) is 4.53. The number of phenolic OH excluding ortho intramolecular Hbond substituents is 1. The molecule has 2 rings (SSSR count). The van der Waals surface area contributed by atoms with Crippen molar-refractivity contribution in [3.8, 4) is 5.75 Å². The summed E-state index contributed by atoms with van der Waals surface area (Å²) < 4.78 is 6.09. The molecule has 4 nitrogen and oxygen atoms in total. The van der Waals surface area contributed by atoms with Crippen LogP contribution in [0.25, 0.3) is 0 Å². The molecule has 0 unspecified atom stereocenters. The van der Waals surface area contributed by atoms with Crippen LogP contribution in [0.2, 0.25) is 0 Å². The molecule has 1 aromatic carbocycles. The standard InChI is InChI=1S/C9H17NO2.C7H7BrO/c1-9(2,3)12-8(11)10-7-5-4-6-7;1-5-4-6(8)2-3-7(5)9/h7H,4-6H2,1-3H3,(H,10,11);2-4,9H,1H3. The van der Waals surface area contributed by atoms with Gasteiger partial charge in [-0.3, -0.25) is 0 Å². The molecule has 0 aromatic heterocycles. The predicted molar refractivity (Wildman–Crippen MR) is 87.6 cm³/mol. The zero-order valence-corrected chi connectivity index (χ0v) is 14.7. The van der Waals surface area contributed by atoms with Gasteiger partial charge in [0.25, 0.3) is 0 Å². The minimum Gasteiger partial charge on any atom is -0.508 e. The fourth-order valence-corrected chi connectivity index (χ4v) is 2.12. The summed E-state index contributed by atoms with van der Waals surface area (Å²) in [6.07, 6.45) is 3.13. The molecule has 0 spiro atoms. The van der Waals surface area contributed by atoms with E-state index in [1.54, 1.807) is 6.07 Å². The summed E-state index contributed by atoms with van der Waals surface area (Å²) >= 11 is 3.29. The third-order valence-corrected chi connectivity index (χ3v) is 3.48. The molecule has 0 heterocycles. The lowest BCUT2D eigenvalue weighted by atomic mass is 9.93. The van der Waals surface area contributed by atoms with Crippen LogP contribution in [-0.4, -0.2) is 22.8 Å². The normalized spacial score (nSPS) is 14.5. The lowest BCUT2D eigenvalue weighted by Crippen LogP contribution is -2.42. The van der Waals surface area contributed by atoms with Crippen LogP contribution < -0.4 is 5.32 Å². The number of carbonyl (C=O) groups is 1. The van der Waals surface area contributed by atoms with Gasteiger partial charge in [-0.25, -0.2) is 4.79 Å². The Bertz CT molecular complexity index is 479. The molecule has 1 aliphatic rings. The summed E-state index contributed by atoms with van der Waals surface area (Å²) in [6, 6.07) is 5.71. The van der Waals surface area contributed by atoms with Crippen molar-refractivity contribution in [2.75, 3.05) is 0 Å². The van der Waals surface area contributed by atoms with Crippen molar-refractivity contribution in [2.24, 2.45) is 0 Å². The molecule has 2 N–H and O–H groups in total. The van der Waals surface area contributed by atoms with E-state index in [-0.39, 0.29) is 11.7 Å². The summed E-state index contributed by atoms with van der Waals surface area (Å²) in [5, 5.41) is 11.8. The number of alkyl carbamates (subject to hydrolysis) is 1. The van der Waals surface area contributed by atoms with E-state index in [1.165, 1.54) is 6.42 Å². The zero-order chi connectivity index (χ0) is 16.0. The van der Waals surface area contributed by atoms with Crippen molar-refractivity contribution in [1.29, 1.82) is 0 Å². The monoisotopic (exact) mass is 357 g/mol. The largest absolute Gasteiger partial charge is 0.508 e. The van der Waals surface area contributed by atoms with Gasteiger partial charge in [0.1, 0.15) is 11.4 Å². The highest BCUT2D eigenvalue weighted by Crippen LogP contribution is 2.20. The fourth-order valence-electron chi connectivity index (χ4n) is 1.65. The van der Waals surface area contributed by atoms with E-state index >= 15 is 0 Å². The molecular formula is C16H24BrNO3. The highest BCUT2D eigenvalue weighted by molar-refractivity contribution is 9.10. The van der Waals surface area contributed by atoms with Crippen LogP contribution in [-0.2, 0) is 4.74 Å². The van der Waals surface area contributed by atoms with E-state index in [0.717, 1.165) is 22.9 Å². The van der Waals surface area contributed by atoms with E-state index in [0.29, 0.717) is 11.8 Å². The number of phenols is 1. The molecule has 1 amide bonds. The molecule has 118 valence electrons. The van der Waals surface area contributed by atoms with Crippen molar-refractivity contribution in [2.45, 2.75) is 58.6 Å². The number of halogens is 1. The van der Waals surface area contributed by atoms with Gasteiger partial charge < -0.3 is 15.2 Å². The van der Waals surface area contributed by atoms with Gasteiger partial charge in [0.15, 0.2) is 0 Å². The van der Waals surface area contributed by atoms with Gasteiger partial charge in [0, 0.05) is 10.5 Å². The van der Waals surface area contributed by atoms with Crippen LogP contribution in [0.3, 0.4) is 0 Å². The molecule has 0 radical (unpaired) electrons. The van der Waals surface area contributed by atoms with E-state index in [2.05, 4.69) is 21.2 Å². The Morgan fingerprint density at radius 1 is 1.38 bits per heavy atom. The van der Waals surface area contributed by atoms with Crippen LogP contribution in [0.15, 0.2) is 22.7 Å². The first-order chi connectivity index (χ1) is 9.67. The zero-order valence-electron chi connectivity index (χ0n) is 13.1. The Hall–Kier alpha value is -1.23. The van der Waals surface area contributed by atoms with E-state index in [4.69, 9.17) is 9.84 Å². The second-order valence-corrected chi connectivity index (χ2v) is 7.12. The van der Waals surface area contributed by atoms with Crippen molar-refractivity contribution in [3.63, 3.8) is 0 Å². The van der Waals surface area contributed by atoms with Crippen molar-refractivity contribution in [3.05, 3.63) is 28.2 Å². The second kappa shape index (κ2) is 7.69. The SMILES string of the molecule is CC(C)(C)OC(=O)NC1CCC1.Cc1cc(Br)ccc1O. The number of benzene rings is 1. The smallest absolute Gasteiger partial charge is 0.407 e. The Morgan fingerprint density at radius 2 is 2.00 bits per heavy atom. The Kier molecular flexibility index (Phi) is 6.52. The van der Waals surface area contributed by atoms with Gasteiger partial charge in [-0.05, 0) is 70.7 Å². The average Bonchev–Trinajstić information content (AvgIpc) is 2.28. The minimum atomic E-state index is -0.381. The first kappa shape index (κ1) is 17.8. The Labute approximate surface area is 135 Å². The molecule has 0 saturated heterocycles. The molecule has 1 aromatic rings. The van der Waals surface area contributed by atoms with Gasteiger partial charge in [-0.2, -0.15) is 0 Å². The fraction of sp³-hybridized carbons (Fsp3) is 0.562. The number of hydrogen-bond donors (Lipinski definition) is 2. The topological polar surface area (TPSA) is 58.6 Å². The highest BCUT2D eigenvalue weighted by atomic mass is 79.9. The molecule has 0 bridgehead atoms. The second-order valence-electron chi connectivity index (χ2n) is 6.20. The van der Waals surface area contributed by atoms with Crippen molar-refractivity contribution in [1.82, 2.24) is 5.32 Å². The first-order valence-corrected chi connectivity index (χ1v) is 7.91. The molecule has 1 saturated carbocycles. The molecule has 21 heavy (non-hydrogen) atoms. The number of nitrogens with one attached hydrogen (secondary N) is 1. The molecule has 0 atom stereocenters. The van der Waals surface area contributed by atoms with Gasteiger partial charge in [0.2, 0.25) is 0 Å². The molecule has 5 heteroatoms. The van der Waals surface area contributed by atoms with E-state index in [1.807, 2.05) is 39.8 Å². The molecule has 1 fully saturated rings. The lowest BCUT2D eigenvalue weighted by Gasteiger charge is -2.28. The number of amides is 1. The first-order valence-electron chi connectivity index (χ1n) is 7.12. The van der Waals surface area contributed by atoms with Gasteiger partial charge >= 0.3 is 6.09 Å². The third kappa shape index (κ3) is 7.37. The minimum absolute atomic E-state index is 0.285. The average molecular weight is 358 g/mol. The Balaban J connectivity index is 0.000000219. The summed E-state index contributed by atoms with van der Waals surface area (Å²) in [7, 11) is 0. The number of hydrogen-bond acceptors (Lipinski definition) is 3. The summed E-state index contributed by atoms with van der Waals surface area (Å²) in [5.74, 6) is 0.346.